The van der Waals surface area contributed by atoms with Gasteiger partial charge in [0.15, 0.2) is 0 Å². The molecule has 0 bridgehead atoms. The lowest BCUT2D eigenvalue weighted by Crippen LogP contribution is -2.51. The molecule has 1 saturated heterocycles. The van der Waals surface area contributed by atoms with Gasteiger partial charge < -0.3 is 15.4 Å². The molecule has 8 heteroatoms. The predicted molar refractivity (Wildman–Crippen MR) is 54.1 cm³/mol. The highest BCUT2D eigenvalue weighted by atomic mass is 32.2. The van der Waals surface area contributed by atoms with Crippen molar-refractivity contribution in [2.24, 2.45) is 0 Å². The number of carbonyl (C=O) groups excluding carboxylic acids is 1. The minimum atomic E-state index is -4.24. The average molecular weight is 258 g/mol. The molecule has 1 amide bonds. The first-order chi connectivity index (χ1) is 7.49. The number of halogens is 3. The van der Waals surface area contributed by atoms with Gasteiger partial charge in [0.25, 0.3) is 0 Å². The van der Waals surface area contributed by atoms with Crippen LogP contribution in [-0.4, -0.2) is 49.5 Å². The van der Waals surface area contributed by atoms with E-state index in [1.165, 1.54) is 0 Å². The van der Waals surface area contributed by atoms with E-state index in [9.17, 15) is 18.0 Å². The van der Waals surface area contributed by atoms with Gasteiger partial charge >= 0.3 is 5.51 Å². The fourth-order valence-electron chi connectivity index (χ4n) is 1.20. The predicted octanol–water partition coefficient (Wildman–Crippen LogP) is 0.344. The van der Waals surface area contributed by atoms with Gasteiger partial charge in [-0.15, -0.1) is 0 Å². The molecule has 0 saturated carbocycles. The Labute approximate surface area is 95.3 Å². The number of hydrogen-bond donors (Lipinski definition) is 2. The van der Waals surface area contributed by atoms with Gasteiger partial charge in [0, 0.05) is 18.8 Å². The summed E-state index contributed by atoms with van der Waals surface area (Å²) in [7, 11) is 0. The van der Waals surface area contributed by atoms with Gasteiger partial charge in [0.1, 0.15) is 6.04 Å². The smallest absolute Gasteiger partial charge is 0.378 e. The Bertz CT molecular complexity index is 232. The van der Waals surface area contributed by atoms with Gasteiger partial charge in [-0.05, 0) is 11.8 Å². The van der Waals surface area contributed by atoms with Crippen molar-refractivity contribution in [3.63, 3.8) is 0 Å². The SMILES string of the molecule is O=C(NCCSC(F)(F)F)C1COCCN1. The molecule has 16 heavy (non-hydrogen) atoms. The van der Waals surface area contributed by atoms with E-state index in [2.05, 4.69) is 10.6 Å². The lowest BCUT2D eigenvalue weighted by atomic mass is 10.2. The number of rotatable bonds is 4. The Kier molecular flexibility index (Phi) is 5.36. The third kappa shape index (κ3) is 5.57. The highest BCUT2D eigenvalue weighted by Gasteiger charge is 2.27. The fourth-order valence-corrected chi connectivity index (χ4v) is 1.63. The topological polar surface area (TPSA) is 50.4 Å². The van der Waals surface area contributed by atoms with Crippen LogP contribution in [0.4, 0.5) is 13.2 Å². The van der Waals surface area contributed by atoms with Crippen LogP contribution < -0.4 is 10.6 Å². The molecule has 1 atom stereocenters. The zero-order chi connectivity index (χ0) is 12.0. The van der Waals surface area contributed by atoms with Crippen LogP contribution in [0.25, 0.3) is 0 Å². The number of amides is 1. The Morgan fingerprint density at radius 3 is 2.88 bits per heavy atom. The first-order valence-electron chi connectivity index (χ1n) is 4.78. The Balaban J connectivity index is 2.10. The summed E-state index contributed by atoms with van der Waals surface area (Å²) in [4.78, 5) is 11.4. The largest absolute Gasteiger partial charge is 0.441 e. The second-order valence-corrected chi connectivity index (χ2v) is 4.33. The van der Waals surface area contributed by atoms with E-state index in [0.717, 1.165) is 0 Å². The van der Waals surface area contributed by atoms with Crippen molar-refractivity contribution in [1.82, 2.24) is 10.6 Å². The number of morpholine rings is 1. The summed E-state index contributed by atoms with van der Waals surface area (Å²) >= 11 is -0.144. The molecular weight excluding hydrogens is 245 g/mol. The molecule has 0 radical (unpaired) electrons. The lowest BCUT2D eigenvalue weighted by Gasteiger charge is -2.22. The van der Waals surface area contributed by atoms with Crippen molar-refractivity contribution in [3.8, 4) is 0 Å². The lowest BCUT2D eigenvalue weighted by molar-refractivity contribution is -0.125. The third-order valence-electron chi connectivity index (χ3n) is 1.91. The van der Waals surface area contributed by atoms with E-state index >= 15 is 0 Å². The number of nitrogens with one attached hydrogen (secondary N) is 2. The fraction of sp³-hybridized carbons (Fsp3) is 0.875. The molecule has 2 N–H and O–H groups in total. The quantitative estimate of drug-likeness (QED) is 0.714. The molecule has 4 nitrogen and oxygen atoms in total. The van der Waals surface area contributed by atoms with Gasteiger partial charge in [0.05, 0.1) is 13.2 Å². The number of alkyl halides is 3. The highest BCUT2D eigenvalue weighted by molar-refractivity contribution is 8.00. The summed E-state index contributed by atoms with van der Waals surface area (Å²) in [5.41, 5.74) is -4.24. The van der Waals surface area contributed by atoms with E-state index < -0.39 is 11.6 Å². The van der Waals surface area contributed by atoms with E-state index in [1.807, 2.05) is 0 Å². The molecule has 0 aliphatic carbocycles. The first kappa shape index (κ1) is 13.6. The zero-order valence-corrected chi connectivity index (χ0v) is 9.29. The molecule has 0 spiro atoms. The van der Waals surface area contributed by atoms with E-state index in [-0.39, 0.29) is 36.6 Å². The summed E-state index contributed by atoms with van der Waals surface area (Å²) in [5, 5.41) is 5.33. The van der Waals surface area contributed by atoms with Gasteiger partial charge in [-0.3, -0.25) is 4.79 Å². The summed E-state index contributed by atoms with van der Waals surface area (Å²) < 4.78 is 40.3. The van der Waals surface area contributed by atoms with Gasteiger partial charge in [0.2, 0.25) is 5.91 Å². The molecule has 0 aromatic carbocycles. The normalized spacial score (nSPS) is 21.8. The molecule has 1 fully saturated rings. The maximum atomic E-state index is 11.8. The Morgan fingerprint density at radius 1 is 1.56 bits per heavy atom. The number of hydrogen-bond acceptors (Lipinski definition) is 4. The minimum Gasteiger partial charge on any atom is -0.378 e. The monoisotopic (exact) mass is 258 g/mol. The first-order valence-corrected chi connectivity index (χ1v) is 5.77. The Hall–Kier alpha value is -0.470. The van der Waals surface area contributed by atoms with Crippen molar-refractivity contribution in [2.75, 3.05) is 32.1 Å². The van der Waals surface area contributed by atoms with Gasteiger partial charge in [-0.2, -0.15) is 13.2 Å². The molecule has 1 rings (SSSR count). The van der Waals surface area contributed by atoms with Gasteiger partial charge in [-0.25, -0.2) is 0 Å². The van der Waals surface area contributed by atoms with Crippen molar-refractivity contribution in [3.05, 3.63) is 0 Å². The minimum absolute atomic E-state index is 0.00118. The highest BCUT2D eigenvalue weighted by Crippen LogP contribution is 2.29. The van der Waals surface area contributed by atoms with Crippen molar-refractivity contribution in [2.45, 2.75) is 11.6 Å². The maximum Gasteiger partial charge on any atom is 0.441 e. The van der Waals surface area contributed by atoms with Crippen LogP contribution in [0, 0.1) is 0 Å². The van der Waals surface area contributed by atoms with Crippen LogP contribution in [0.15, 0.2) is 0 Å². The summed E-state index contributed by atoms with van der Waals surface area (Å²) in [6.07, 6.45) is 0. The van der Waals surface area contributed by atoms with Crippen LogP contribution >= 0.6 is 11.8 Å². The van der Waals surface area contributed by atoms with Crippen molar-refractivity contribution in [1.29, 1.82) is 0 Å². The summed E-state index contributed by atoms with van der Waals surface area (Å²) in [6, 6.07) is -0.454. The maximum absolute atomic E-state index is 11.8. The van der Waals surface area contributed by atoms with Crippen molar-refractivity contribution >= 4 is 17.7 Å². The van der Waals surface area contributed by atoms with Gasteiger partial charge in [-0.1, -0.05) is 0 Å². The van der Waals surface area contributed by atoms with Crippen molar-refractivity contribution < 1.29 is 22.7 Å². The second kappa shape index (κ2) is 6.31. The molecular formula is C8H13F3N2O2S. The molecule has 0 aromatic rings. The zero-order valence-electron chi connectivity index (χ0n) is 8.47. The number of carbonyl (C=O) groups is 1. The second-order valence-electron chi connectivity index (χ2n) is 3.17. The Morgan fingerprint density at radius 2 is 2.31 bits per heavy atom. The van der Waals surface area contributed by atoms with Crippen LogP contribution in [-0.2, 0) is 9.53 Å². The van der Waals surface area contributed by atoms with E-state index in [4.69, 9.17) is 4.74 Å². The number of thioether (sulfide) groups is 1. The van der Waals surface area contributed by atoms with Crippen LogP contribution in [0.5, 0.6) is 0 Å². The molecule has 94 valence electrons. The summed E-state index contributed by atoms with van der Waals surface area (Å²) in [6.45, 7) is 1.39. The molecule has 0 aromatic heterocycles. The number of ether oxygens (including phenoxy) is 1. The third-order valence-corrected chi connectivity index (χ3v) is 2.64. The van der Waals surface area contributed by atoms with E-state index in [0.29, 0.717) is 13.2 Å². The average Bonchev–Trinajstić information content (AvgIpc) is 2.24. The molecule has 1 aliphatic rings. The van der Waals surface area contributed by atoms with Crippen LogP contribution in [0.2, 0.25) is 0 Å². The van der Waals surface area contributed by atoms with Crippen LogP contribution in [0.3, 0.4) is 0 Å². The molecule has 1 unspecified atom stereocenters. The molecule has 1 aliphatic heterocycles. The molecule has 1 heterocycles. The standard InChI is InChI=1S/C8H13F3N2O2S/c9-8(10,11)16-4-2-13-7(14)6-5-15-3-1-12-6/h6,12H,1-5H2,(H,13,14). The van der Waals surface area contributed by atoms with Crippen LogP contribution in [0.1, 0.15) is 0 Å². The van der Waals surface area contributed by atoms with E-state index in [1.54, 1.807) is 0 Å². The summed E-state index contributed by atoms with van der Waals surface area (Å²) in [5.74, 6) is -0.495.